The molecule has 0 fully saturated rings. The van der Waals surface area contributed by atoms with E-state index in [4.69, 9.17) is 9.72 Å². The Morgan fingerprint density at radius 2 is 2.05 bits per heavy atom. The Hall–Kier alpha value is -2.47. The average Bonchev–Trinajstić information content (AvgIpc) is 3.02. The maximum absolute atomic E-state index is 5.22. The summed E-state index contributed by atoms with van der Waals surface area (Å²) in [6.45, 7) is 0.614. The molecule has 108 valence electrons. The number of hydrogen-bond donors (Lipinski definition) is 1. The molecule has 6 nitrogen and oxygen atoms in total. The molecule has 0 saturated heterocycles. The Labute approximate surface area is 122 Å². The van der Waals surface area contributed by atoms with Crippen LogP contribution < -0.4 is 5.32 Å². The molecule has 3 rings (SSSR count). The first kappa shape index (κ1) is 13.5. The second kappa shape index (κ2) is 5.88. The van der Waals surface area contributed by atoms with Crippen LogP contribution in [0.5, 0.6) is 0 Å². The number of nitrogens with zero attached hydrogens (tertiary/aromatic N) is 4. The minimum absolute atomic E-state index is 0.614. The highest BCUT2D eigenvalue weighted by Gasteiger charge is 2.16. The highest BCUT2D eigenvalue weighted by molar-refractivity contribution is 5.71. The van der Waals surface area contributed by atoms with Gasteiger partial charge in [-0.3, -0.25) is 0 Å². The summed E-state index contributed by atoms with van der Waals surface area (Å²) in [4.78, 5) is 9.09. The molecule has 0 aliphatic rings. The molecule has 0 atom stereocenters. The molecule has 0 bridgehead atoms. The minimum Gasteiger partial charge on any atom is -0.384 e. The van der Waals surface area contributed by atoms with Gasteiger partial charge >= 0.3 is 0 Å². The molecule has 21 heavy (non-hydrogen) atoms. The van der Waals surface area contributed by atoms with Crippen molar-refractivity contribution in [1.29, 1.82) is 0 Å². The van der Waals surface area contributed by atoms with Crippen molar-refractivity contribution >= 4 is 11.6 Å². The first-order chi connectivity index (χ1) is 10.3. The van der Waals surface area contributed by atoms with Gasteiger partial charge in [0.1, 0.15) is 6.33 Å². The number of nitrogens with one attached hydrogen (secondary N) is 1. The van der Waals surface area contributed by atoms with Gasteiger partial charge in [0.15, 0.2) is 5.65 Å². The zero-order valence-corrected chi connectivity index (χ0v) is 12.1. The molecule has 0 unspecified atom stereocenters. The van der Waals surface area contributed by atoms with Crippen molar-refractivity contribution in [3.63, 3.8) is 0 Å². The number of ether oxygens (including phenoxy) is 1. The van der Waals surface area contributed by atoms with Crippen LogP contribution in [0, 0.1) is 0 Å². The number of anilines is 1. The Balaban J connectivity index is 2.25. The van der Waals surface area contributed by atoms with E-state index < -0.39 is 0 Å². The Morgan fingerprint density at radius 3 is 2.76 bits per heavy atom. The third kappa shape index (κ3) is 2.45. The summed E-state index contributed by atoms with van der Waals surface area (Å²) >= 11 is 0. The van der Waals surface area contributed by atoms with Gasteiger partial charge in [0, 0.05) is 31.7 Å². The average molecular weight is 283 g/mol. The lowest BCUT2D eigenvalue weighted by Gasteiger charge is -2.12. The molecule has 3 aromatic rings. The third-order valence-corrected chi connectivity index (χ3v) is 3.35. The molecule has 1 aromatic carbocycles. The Morgan fingerprint density at radius 1 is 1.24 bits per heavy atom. The second-order valence-corrected chi connectivity index (χ2v) is 4.62. The summed E-state index contributed by atoms with van der Waals surface area (Å²) in [5.74, 6) is 0.669. The summed E-state index contributed by atoms with van der Waals surface area (Å²) < 4.78 is 6.94. The molecule has 2 heterocycles. The lowest BCUT2D eigenvalue weighted by molar-refractivity contribution is 0.202. The molecule has 0 radical (unpaired) electrons. The van der Waals surface area contributed by atoms with Crippen LogP contribution >= 0.6 is 0 Å². The van der Waals surface area contributed by atoms with E-state index in [2.05, 4.69) is 15.4 Å². The monoisotopic (exact) mass is 283 g/mol. The molecule has 2 aromatic heterocycles. The fourth-order valence-electron chi connectivity index (χ4n) is 2.36. The minimum atomic E-state index is 0.614. The van der Waals surface area contributed by atoms with Crippen molar-refractivity contribution in [2.75, 3.05) is 26.1 Å². The van der Waals surface area contributed by atoms with Gasteiger partial charge in [-0.2, -0.15) is 9.61 Å². The van der Waals surface area contributed by atoms with Crippen LogP contribution in [0.2, 0.25) is 0 Å². The fraction of sp³-hybridized carbons (Fsp3) is 0.267. The Bertz CT molecular complexity index is 738. The summed E-state index contributed by atoms with van der Waals surface area (Å²) in [5.41, 5.74) is 3.83. The first-order valence-electron chi connectivity index (χ1n) is 6.80. The number of fused-ring (bicyclic) bond motifs is 1. The van der Waals surface area contributed by atoms with E-state index in [0.717, 1.165) is 28.9 Å². The van der Waals surface area contributed by atoms with E-state index in [1.54, 1.807) is 18.0 Å². The van der Waals surface area contributed by atoms with Crippen LogP contribution in [-0.2, 0) is 11.2 Å². The van der Waals surface area contributed by atoms with Gasteiger partial charge in [-0.25, -0.2) is 9.97 Å². The van der Waals surface area contributed by atoms with Gasteiger partial charge in [-0.15, -0.1) is 0 Å². The van der Waals surface area contributed by atoms with Crippen LogP contribution in [0.15, 0.2) is 36.7 Å². The summed E-state index contributed by atoms with van der Waals surface area (Å²) in [6, 6.07) is 10.1. The number of aromatic nitrogens is 4. The molecule has 0 saturated carbocycles. The lowest BCUT2D eigenvalue weighted by atomic mass is 10.0. The number of rotatable bonds is 5. The molecule has 0 spiro atoms. The lowest BCUT2D eigenvalue weighted by Crippen LogP contribution is -2.09. The van der Waals surface area contributed by atoms with Gasteiger partial charge in [0.25, 0.3) is 0 Å². The van der Waals surface area contributed by atoms with Crippen molar-refractivity contribution in [1.82, 2.24) is 19.6 Å². The SMILES string of the molecule is CNc1nc(-c2ccccc2)c(CCOC)c2ncnn12. The van der Waals surface area contributed by atoms with E-state index in [1.165, 1.54) is 0 Å². The summed E-state index contributed by atoms with van der Waals surface area (Å²) in [5, 5.41) is 7.30. The smallest absolute Gasteiger partial charge is 0.226 e. The molecule has 0 amide bonds. The van der Waals surface area contributed by atoms with E-state index >= 15 is 0 Å². The van der Waals surface area contributed by atoms with E-state index in [9.17, 15) is 0 Å². The van der Waals surface area contributed by atoms with Gasteiger partial charge in [0.2, 0.25) is 5.95 Å². The predicted octanol–water partition coefficient (Wildman–Crippen LogP) is 2.02. The van der Waals surface area contributed by atoms with Gasteiger partial charge in [-0.05, 0) is 0 Å². The second-order valence-electron chi connectivity index (χ2n) is 4.62. The third-order valence-electron chi connectivity index (χ3n) is 3.35. The Kier molecular flexibility index (Phi) is 3.79. The molecule has 0 aliphatic heterocycles. The van der Waals surface area contributed by atoms with Crippen molar-refractivity contribution in [2.45, 2.75) is 6.42 Å². The van der Waals surface area contributed by atoms with E-state index in [0.29, 0.717) is 12.6 Å². The number of methoxy groups -OCH3 is 1. The van der Waals surface area contributed by atoms with Crippen LogP contribution in [0.4, 0.5) is 5.95 Å². The summed E-state index contributed by atoms with van der Waals surface area (Å²) in [6.07, 6.45) is 2.28. The number of hydrogen-bond acceptors (Lipinski definition) is 5. The van der Waals surface area contributed by atoms with Crippen LogP contribution in [0.1, 0.15) is 5.56 Å². The first-order valence-corrected chi connectivity index (χ1v) is 6.80. The predicted molar refractivity (Wildman–Crippen MR) is 81.3 cm³/mol. The fourth-order valence-corrected chi connectivity index (χ4v) is 2.36. The van der Waals surface area contributed by atoms with Gasteiger partial charge in [-0.1, -0.05) is 30.3 Å². The van der Waals surface area contributed by atoms with Crippen LogP contribution in [0.25, 0.3) is 16.9 Å². The zero-order valence-electron chi connectivity index (χ0n) is 12.1. The molecule has 6 heteroatoms. The van der Waals surface area contributed by atoms with Crippen LogP contribution in [-0.4, -0.2) is 40.3 Å². The molecule has 1 N–H and O–H groups in total. The molecule has 0 aliphatic carbocycles. The summed E-state index contributed by atoms with van der Waals surface area (Å²) in [7, 11) is 3.52. The van der Waals surface area contributed by atoms with Crippen LogP contribution in [0.3, 0.4) is 0 Å². The van der Waals surface area contributed by atoms with Crippen molar-refractivity contribution in [3.05, 3.63) is 42.2 Å². The van der Waals surface area contributed by atoms with Crippen molar-refractivity contribution < 1.29 is 4.74 Å². The van der Waals surface area contributed by atoms with E-state index in [-0.39, 0.29) is 0 Å². The quantitative estimate of drug-likeness (QED) is 0.776. The van der Waals surface area contributed by atoms with Gasteiger partial charge < -0.3 is 10.1 Å². The normalized spacial score (nSPS) is 11.0. The standard InChI is InChI=1S/C15H17N5O/c1-16-15-19-13(11-6-4-3-5-7-11)12(8-9-21-2)14-17-10-18-20(14)15/h3-7,10H,8-9H2,1-2H3,(H,16,19). The maximum Gasteiger partial charge on any atom is 0.226 e. The highest BCUT2D eigenvalue weighted by Crippen LogP contribution is 2.26. The number of benzene rings is 1. The molecular formula is C15H17N5O. The van der Waals surface area contributed by atoms with Crippen molar-refractivity contribution in [2.24, 2.45) is 0 Å². The maximum atomic E-state index is 5.22. The highest BCUT2D eigenvalue weighted by atomic mass is 16.5. The zero-order chi connectivity index (χ0) is 14.7. The topological polar surface area (TPSA) is 64.3 Å². The van der Waals surface area contributed by atoms with Gasteiger partial charge in [0.05, 0.1) is 12.3 Å². The molecular weight excluding hydrogens is 266 g/mol. The van der Waals surface area contributed by atoms with Crippen molar-refractivity contribution in [3.8, 4) is 11.3 Å². The van der Waals surface area contributed by atoms with E-state index in [1.807, 2.05) is 37.4 Å². The largest absolute Gasteiger partial charge is 0.384 e.